The predicted molar refractivity (Wildman–Crippen MR) is 128 cm³/mol. The van der Waals surface area contributed by atoms with Crippen LogP contribution in [0.3, 0.4) is 0 Å². The van der Waals surface area contributed by atoms with Crippen LogP contribution < -0.4 is 14.8 Å². The minimum atomic E-state index is -0.779. The highest BCUT2D eigenvalue weighted by Crippen LogP contribution is 2.43. The van der Waals surface area contributed by atoms with Gasteiger partial charge >= 0.3 is 0 Å². The van der Waals surface area contributed by atoms with Crippen LogP contribution in [0.5, 0.6) is 17.2 Å². The normalized spacial score (nSPS) is 24.6. The predicted octanol–water partition coefficient (Wildman–Crippen LogP) is 3.34. The Morgan fingerprint density at radius 3 is 2.47 bits per heavy atom. The van der Waals surface area contributed by atoms with Gasteiger partial charge in [0, 0.05) is 5.56 Å². The molecule has 6 nitrogen and oxygen atoms in total. The van der Waals surface area contributed by atoms with Gasteiger partial charge in [-0.05, 0) is 81.3 Å². The number of amides is 2. The minimum absolute atomic E-state index is 0.246. The smallest absolute Gasteiger partial charge is 0.285 e. The van der Waals surface area contributed by atoms with Crippen molar-refractivity contribution in [3.63, 3.8) is 0 Å². The van der Waals surface area contributed by atoms with Gasteiger partial charge in [0.05, 0.1) is 4.65 Å². The highest BCUT2D eigenvalue weighted by atomic mass is 32.2. The lowest BCUT2D eigenvalue weighted by atomic mass is 9.80. The molecule has 2 atom stereocenters. The molecule has 0 aromatic heterocycles. The second kappa shape index (κ2) is 8.07. The largest absolute Gasteiger partial charge is 0.507 e. The summed E-state index contributed by atoms with van der Waals surface area (Å²) in [6.45, 7) is 8.28. The van der Waals surface area contributed by atoms with Crippen LogP contribution >= 0.6 is 11.8 Å². The van der Waals surface area contributed by atoms with E-state index in [0.717, 1.165) is 63.9 Å². The van der Waals surface area contributed by atoms with Gasteiger partial charge in [-0.2, -0.15) is 0 Å². The fourth-order valence-corrected chi connectivity index (χ4v) is 5.28. The van der Waals surface area contributed by atoms with Crippen molar-refractivity contribution in [2.75, 3.05) is 6.61 Å². The molecule has 168 valence electrons. The van der Waals surface area contributed by atoms with E-state index >= 15 is 0 Å². The van der Waals surface area contributed by atoms with E-state index in [1.807, 2.05) is 45.0 Å². The van der Waals surface area contributed by atoms with Crippen molar-refractivity contribution in [1.82, 2.24) is 5.32 Å². The molecule has 8 heteroatoms. The van der Waals surface area contributed by atoms with E-state index in [-0.39, 0.29) is 11.1 Å². The van der Waals surface area contributed by atoms with Crippen LogP contribution in [-0.4, -0.2) is 41.0 Å². The van der Waals surface area contributed by atoms with Crippen LogP contribution in [0.1, 0.15) is 41.2 Å². The number of aromatic hydroxyl groups is 1. The van der Waals surface area contributed by atoms with Crippen LogP contribution in [0.2, 0.25) is 0 Å². The maximum Gasteiger partial charge on any atom is 0.285 e. The number of thioether (sulfide) groups is 1. The minimum Gasteiger partial charge on any atom is -0.507 e. The molecule has 0 spiro atoms. The molecule has 4 rings (SSSR count). The zero-order valence-electron chi connectivity index (χ0n) is 19.1. The lowest BCUT2D eigenvalue weighted by molar-refractivity contribution is -0.119. The summed E-state index contributed by atoms with van der Waals surface area (Å²) in [6, 6.07) is 7.62. The Bertz CT molecular complexity index is 1100. The number of phenols is 1. The van der Waals surface area contributed by atoms with Crippen LogP contribution in [0.15, 0.2) is 24.3 Å². The molecular weight excluding hydrogens is 425 g/mol. The van der Waals surface area contributed by atoms with Crippen molar-refractivity contribution in [3.05, 3.63) is 52.1 Å². The third kappa shape index (κ3) is 4.08. The number of phenolic OH excluding ortho intramolecular Hbond substituents is 1. The molecule has 2 aromatic rings. The summed E-state index contributed by atoms with van der Waals surface area (Å²) < 4.78 is 11.7. The summed E-state index contributed by atoms with van der Waals surface area (Å²) in [6.07, 6.45) is 2.09. The Kier molecular flexibility index (Phi) is 5.69. The maximum absolute atomic E-state index is 12.1. The van der Waals surface area contributed by atoms with E-state index < -0.39 is 10.2 Å². The molecule has 2 N–H and O–H groups in total. The number of nitrogens with one attached hydrogen (secondary N) is 1. The molecule has 1 fully saturated rings. The molecule has 0 radical (unpaired) electrons. The maximum atomic E-state index is 12.1. The number of benzene rings is 2. The number of ether oxygens (including phenoxy) is 2. The Labute approximate surface area is 193 Å². The van der Waals surface area contributed by atoms with Gasteiger partial charge in [-0.25, -0.2) is 0 Å². The number of carbonyl (C=O) groups is 2. The molecule has 0 aliphatic carbocycles. The van der Waals surface area contributed by atoms with Crippen molar-refractivity contribution in [2.24, 2.45) is 0 Å². The Morgan fingerprint density at radius 2 is 1.84 bits per heavy atom. The number of fused-ring (bicyclic) bond motifs is 1. The summed E-state index contributed by atoms with van der Waals surface area (Å²) in [7, 11) is 1.78. The summed E-state index contributed by atoms with van der Waals surface area (Å²) in [4.78, 5) is 23.6. The summed E-state index contributed by atoms with van der Waals surface area (Å²) in [5, 5.41) is 12.4. The molecule has 2 heterocycles. The molecule has 2 aliphatic rings. The van der Waals surface area contributed by atoms with Gasteiger partial charge < -0.3 is 14.6 Å². The number of rotatable bonds is 5. The fourth-order valence-electron chi connectivity index (χ4n) is 4.34. The first-order valence-electron chi connectivity index (χ1n) is 10.8. The molecule has 32 heavy (non-hydrogen) atoms. The second-order valence-electron chi connectivity index (χ2n) is 9.27. The van der Waals surface area contributed by atoms with E-state index in [0.29, 0.717) is 18.8 Å². The first-order chi connectivity index (χ1) is 15.0. The van der Waals surface area contributed by atoms with Gasteiger partial charge in [-0.1, -0.05) is 23.9 Å². The third-order valence-corrected chi connectivity index (χ3v) is 7.68. The van der Waals surface area contributed by atoms with Crippen molar-refractivity contribution < 1.29 is 24.2 Å². The molecule has 1 saturated heterocycles. The monoisotopic (exact) mass is 453 g/mol. The molecular formula is C24H28BNO5S. The van der Waals surface area contributed by atoms with E-state index in [1.165, 1.54) is 0 Å². The Balaban J connectivity index is 1.42. The molecule has 0 saturated carbocycles. The highest BCUT2D eigenvalue weighted by Gasteiger charge is 2.43. The summed E-state index contributed by atoms with van der Waals surface area (Å²) in [5.41, 5.74) is 4.29. The van der Waals surface area contributed by atoms with Crippen molar-refractivity contribution in [1.29, 1.82) is 0 Å². The summed E-state index contributed by atoms with van der Waals surface area (Å²) >= 11 is 1.04. The van der Waals surface area contributed by atoms with Crippen molar-refractivity contribution >= 4 is 30.8 Å². The van der Waals surface area contributed by atoms with Crippen LogP contribution in [0, 0.1) is 20.8 Å². The number of hydrogen-bond acceptors (Lipinski definition) is 6. The van der Waals surface area contributed by atoms with Crippen molar-refractivity contribution in [3.8, 4) is 17.2 Å². The molecule has 2 aliphatic heterocycles. The summed E-state index contributed by atoms with van der Waals surface area (Å²) in [5.74, 6) is 1.70. The van der Waals surface area contributed by atoms with Gasteiger partial charge in [0.1, 0.15) is 37.3 Å². The molecule has 1 unspecified atom stereocenters. The van der Waals surface area contributed by atoms with Gasteiger partial charge in [0.25, 0.3) is 5.24 Å². The van der Waals surface area contributed by atoms with Gasteiger partial charge in [-0.15, -0.1) is 0 Å². The van der Waals surface area contributed by atoms with Crippen LogP contribution in [0.25, 0.3) is 0 Å². The lowest BCUT2D eigenvalue weighted by Crippen LogP contribution is -2.42. The van der Waals surface area contributed by atoms with Crippen LogP contribution in [-0.2, 0) is 17.6 Å². The lowest BCUT2D eigenvalue weighted by Gasteiger charge is -2.37. The molecule has 2 amide bonds. The second-order valence-corrected chi connectivity index (χ2v) is 10.7. The third-order valence-electron chi connectivity index (χ3n) is 6.62. The number of imide groups is 1. The standard InChI is InChI=1S/C24H28BNO5S/c1-13-14(2)20-18(15(3)19(13)27)9-10-23(4,31-20)12-30-17-7-5-16(6-8-17)11-24(25)21(28)26-22(29)32-24/h5-8,27H,9-12,25H2,1-4H3,(H,26,28,29)/t23?,24-/m1/s1. The Hall–Kier alpha value is -2.61. The van der Waals surface area contributed by atoms with Crippen LogP contribution in [0.4, 0.5) is 4.79 Å². The van der Waals surface area contributed by atoms with Crippen molar-refractivity contribution in [2.45, 2.75) is 57.2 Å². The zero-order valence-corrected chi connectivity index (χ0v) is 19.9. The number of carbonyl (C=O) groups excluding carboxylic acids is 2. The van der Waals surface area contributed by atoms with E-state index in [1.54, 1.807) is 7.85 Å². The first-order valence-corrected chi connectivity index (χ1v) is 11.6. The van der Waals surface area contributed by atoms with Gasteiger partial charge in [0.15, 0.2) is 0 Å². The van der Waals surface area contributed by atoms with Gasteiger partial charge in [-0.3, -0.25) is 14.9 Å². The molecule has 2 aromatic carbocycles. The zero-order chi connectivity index (χ0) is 23.3. The number of hydrogen-bond donors (Lipinski definition) is 2. The average Bonchev–Trinajstić information content (AvgIpc) is 3.01. The quantitative estimate of drug-likeness (QED) is 0.676. The highest BCUT2D eigenvalue weighted by molar-refractivity contribution is 8.17. The molecule has 0 bridgehead atoms. The average molecular weight is 453 g/mol. The Morgan fingerprint density at radius 1 is 1.16 bits per heavy atom. The SMILES string of the molecule is B[C@]1(Cc2ccc(OCC3(C)CCc4c(C)c(O)c(C)c(C)c4O3)cc2)SC(=O)NC1=O. The van der Waals surface area contributed by atoms with E-state index in [9.17, 15) is 14.7 Å². The fraction of sp³-hybridized carbons (Fsp3) is 0.417. The topological polar surface area (TPSA) is 84.9 Å². The van der Waals surface area contributed by atoms with E-state index in [4.69, 9.17) is 9.47 Å². The van der Waals surface area contributed by atoms with E-state index in [2.05, 4.69) is 12.2 Å². The van der Waals surface area contributed by atoms with Gasteiger partial charge in [0.2, 0.25) is 5.91 Å². The first kappa shape index (κ1) is 22.6.